The Morgan fingerprint density at radius 3 is 1.33 bits per heavy atom. The lowest BCUT2D eigenvalue weighted by Gasteiger charge is -2.27. The van der Waals surface area contributed by atoms with Crippen molar-refractivity contribution in [1.82, 2.24) is 5.32 Å². The first-order valence-electron chi connectivity index (χ1n) is 29.8. The summed E-state index contributed by atoms with van der Waals surface area (Å²) in [5.74, 6) is -0.517. The number of phosphoric acid groups is 1. The van der Waals surface area contributed by atoms with Gasteiger partial charge in [-0.25, -0.2) is 4.57 Å². The van der Waals surface area contributed by atoms with E-state index in [1.165, 1.54) is 122 Å². The molecule has 3 atom stereocenters. The normalized spacial score (nSPS) is 14.3. The van der Waals surface area contributed by atoms with Crippen LogP contribution < -0.4 is 5.32 Å². The molecule has 2 N–H and O–H groups in total. The molecule has 0 aliphatic carbocycles. The molecule has 418 valence electrons. The summed E-state index contributed by atoms with van der Waals surface area (Å²) in [6.07, 6.45) is 66.1. The van der Waals surface area contributed by atoms with Gasteiger partial charge in [-0.2, -0.15) is 0 Å². The lowest BCUT2D eigenvalue weighted by molar-refractivity contribution is -0.870. The molecule has 0 rings (SSSR count). The van der Waals surface area contributed by atoms with Crippen LogP contribution in [0.5, 0.6) is 0 Å². The summed E-state index contributed by atoms with van der Waals surface area (Å²) < 4.78 is 30.6. The van der Waals surface area contributed by atoms with Crippen molar-refractivity contribution >= 4 is 19.7 Å². The molecule has 0 aromatic heterocycles. The summed E-state index contributed by atoms with van der Waals surface area (Å²) in [5.41, 5.74) is 0. The SMILES string of the molecule is CC/C=C\C/C=C\C/C=C\C/C=C\C/C=C\CCCCCCCCCC(=O)NC(COP(=O)(O)OCC[N+](C)(C)C)C(/C=C\CCCCCCCCCCCC)OC(=O)CCCCCCCCCCCCC. The van der Waals surface area contributed by atoms with E-state index in [2.05, 4.69) is 86.8 Å². The number of likely N-dealkylation sites (N-methyl/N-ethyl adjacent to an activating group) is 1. The predicted molar refractivity (Wildman–Crippen MR) is 309 cm³/mol. The molecule has 0 fully saturated rings. The maximum atomic E-state index is 13.5. The Balaban J connectivity index is 5.21. The molecule has 0 spiro atoms. The van der Waals surface area contributed by atoms with Gasteiger partial charge < -0.3 is 19.4 Å². The van der Waals surface area contributed by atoms with Gasteiger partial charge in [0, 0.05) is 12.8 Å². The van der Waals surface area contributed by atoms with Crippen LogP contribution in [0.4, 0.5) is 0 Å². The topological polar surface area (TPSA) is 111 Å². The second-order valence-corrected chi connectivity index (χ2v) is 22.6. The van der Waals surface area contributed by atoms with Crippen LogP contribution in [0.3, 0.4) is 0 Å². The van der Waals surface area contributed by atoms with Crippen LogP contribution in [0.1, 0.15) is 258 Å². The maximum absolute atomic E-state index is 13.5. The zero-order valence-electron chi connectivity index (χ0n) is 47.7. The summed E-state index contributed by atoms with van der Waals surface area (Å²) >= 11 is 0. The average molecular weight is 1030 g/mol. The van der Waals surface area contributed by atoms with Crippen molar-refractivity contribution in [1.29, 1.82) is 0 Å². The molecular weight excluding hydrogens is 916 g/mol. The first kappa shape index (κ1) is 69.5. The first-order valence-corrected chi connectivity index (χ1v) is 31.3. The molecule has 0 radical (unpaired) electrons. The molecular formula is C62H114N2O7P+. The average Bonchev–Trinajstić information content (AvgIpc) is 3.34. The Labute approximate surface area is 444 Å². The lowest BCUT2D eigenvalue weighted by atomic mass is 10.0. The van der Waals surface area contributed by atoms with Crippen molar-refractivity contribution in [2.24, 2.45) is 0 Å². The first-order chi connectivity index (χ1) is 34.9. The number of amides is 1. The number of phosphoric ester groups is 1. The highest BCUT2D eigenvalue weighted by Gasteiger charge is 2.30. The van der Waals surface area contributed by atoms with Crippen molar-refractivity contribution in [2.45, 2.75) is 270 Å². The van der Waals surface area contributed by atoms with Gasteiger partial charge in [0.05, 0.1) is 33.8 Å². The minimum absolute atomic E-state index is 0.0364. The molecule has 0 bridgehead atoms. The molecule has 0 aromatic rings. The van der Waals surface area contributed by atoms with Gasteiger partial charge >= 0.3 is 13.8 Å². The number of hydrogen-bond acceptors (Lipinski definition) is 6. The largest absolute Gasteiger partial charge is 0.472 e. The number of allylic oxidation sites excluding steroid dienone is 11. The van der Waals surface area contributed by atoms with E-state index in [4.69, 9.17) is 13.8 Å². The molecule has 9 nitrogen and oxygen atoms in total. The van der Waals surface area contributed by atoms with E-state index >= 15 is 0 Å². The van der Waals surface area contributed by atoms with Crippen molar-refractivity contribution < 1.29 is 37.3 Å². The number of unbranched alkanes of at least 4 members (excludes halogenated alkanes) is 27. The summed E-state index contributed by atoms with van der Waals surface area (Å²) in [7, 11) is 1.48. The van der Waals surface area contributed by atoms with Crippen molar-refractivity contribution in [3.8, 4) is 0 Å². The van der Waals surface area contributed by atoms with E-state index in [9.17, 15) is 19.0 Å². The number of quaternary nitrogens is 1. The number of esters is 1. The Bertz CT molecular complexity index is 1460. The van der Waals surface area contributed by atoms with Gasteiger partial charge in [0.15, 0.2) is 0 Å². The van der Waals surface area contributed by atoms with Gasteiger partial charge in [0.2, 0.25) is 5.91 Å². The zero-order chi connectivity index (χ0) is 52.9. The number of nitrogens with one attached hydrogen (secondary N) is 1. The van der Waals surface area contributed by atoms with Crippen molar-refractivity contribution in [3.05, 3.63) is 72.9 Å². The Morgan fingerprint density at radius 1 is 0.500 bits per heavy atom. The number of carbonyl (C=O) groups excluding carboxylic acids is 2. The Morgan fingerprint density at radius 2 is 0.889 bits per heavy atom. The molecule has 10 heteroatoms. The van der Waals surface area contributed by atoms with E-state index in [0.717, 1.165) is 103 Å². The molecule has 3 unspecified atom stereocenters. The summed E-state index contributed by atoms with van der Waals surface area (Å²) in [6, 6.07) is -0.854. The molecule has 1 amide bonds. The van der Waals surface area contributed by atoms with Gasteiger partial charge in [-0.15, -0.1) is 0 Å². The fraction of sp³-hybridized carbons (Fsp3) is 0.774. The monoisotopic (exact) mass is 1030 g/mol. The molecule has 0 aliphatic heterocycles. The van der Waals surface area contributed by atoms with Crippen LogP contribution in [0.2, 0.25) is 0 Å². The minimum Gasteiger partial charge on any atom is -0.456 e. The fourth-order valence-corrected chi connectivity index (χ4v) is 9.06. The smallest absolute Gasteiger partial charge is 0.456 e. The maximum Gasteiger partial charge on any atom is 0.472 e. The van der Waals surface area contributed by atoms with Crippen LogP contribution in [-0.4, -0.2) is 74.3 Å². The van der Waals surface area contributed by atoms with Gasteiger partial charge in [-0.3, -0.25) is 18.6 Å². The van der Waals surface area contributed by atoms with Gasteiger partial charge in [-0.05, 0) is 76.7 Å². The van der Waals surface area contributed by atoms with E-state index in [1.807, 2.05) is 33.3 Å². The molecule has 0 aliphatic rings. The zero-order valence-corrected chi connectivity index (χ0v) is 48.6. The predicted octanol–water partition coefficient (Wildman–Crippen LogP) is 18.1. The summed E-state index contributed by atoms with van der Waals surface area (Å²) in [5, 5.41) is 3.05. The van der Waals surface area contributed by atoms with Crippen LogP contribution in [0.15, 0.2) is 72.9 Å². The van der Waals surface area contributed by atoms with Gasteiger partial charge in [-0.1, -0.05) is 242 Å². The van der Waals surface area contributed by atoms with Crippen LogP contribution in [0.25, 0.3) is 0 Å². The third-order valence-electron chi connectivity index (χ3n) is 12.9. The van der Waals surface area contributed by atoms with E-state index in [0.29, 0.717) is 17.4 Å². The molecule has 0 saturated carbocycles. The van der Waals surface area contributed by atoms with Crippen LogP contribution in [-0.2, 0) is 27.9 Å². The third-order valence-corrected chi connectivity index (χ3v) is 13.9. The highest BCUT2D eigenvalue weighted by atomic mass is 31.2. The molecule has 72 heavy (non-hydrogen) atoms. The third kappa shape index (κ3) is 52.3. The van der Waals surface area contributed by atoms with Crippen molar-refractivity contribution in [2.75, 3.05) is 40.9 Å². The quantitative estimate of drug-likeness (QED) is 0.0205. The number of nitrogens with zero attached hydrogens (tertiary/aromatic N) is 1. The fourth-order valence-electron chi connectivity index (χ4n) is 8.32. The van der Waals surface area contributed by atoms with Crippen LogP contribution in [0, 0.1) is 0 Å². The van der Waals surface area contributed by atoms with Crippen molar-refractivity contribution in [3.63, 3.8) is 0 Å². The van der Waals surface area contributed by atoms with Gasteiger partial charge in [0.1, 0.15) is 19.3 Å². The molecule has 0 heterocycles. The minimum atomic E-state index is -4.45. The number of carbonyl (C=O) groups is 2. The molecule has 0 saturated heterocycles. The lowest BCUT2D eigenvalue weighted by Crippen LogP contribution is -2.47. The second-order valence-electron chi connectivity index (χ2n) is 21.1. The van der Waals surface area contributed by atoms with E-state index < -0.39 is 20.0 Å². The highest BCUT2D eigenvalue weighted by molar-refractivity contribution is 7.47. The number of hydrogen-bond donors (Lipinski definition) is 2. The molecule has 0 aromatic carbocycles. The Hall–Kier alpha value is -2.55. The second kappa shape index (κ2) is 51.9. The summed E-state index contributed by atoms with van der Waals surface area (Å²) in [4.78, 5) is 37.6. The number of ether oxygens (including phenoxy) is 1. The highest BCUT2D eigenvalue weighted by Crippen LogP contribution is 2.43. The summed E-state index contributed by atoms with van der Waals surface area (Å²) in [6.45, 7) is 6.88. The Kier molecular flexibility index (Phi) is 50.1. The van der Waals surface area contributed by atoms with E-state index in [1.54, 1.807) is 0 Å². The van der Waals surface area contributed by atoms with Gasteiger partial charge in [0.25, 0.3) is 0 Å². The standard InChI is InChI=1S/C62H113N2O7P/c1-7-10-13-16-19-22-25-27-28-29-30-31-32-33-34-35-36-37-40-42-45-48-51-54-61(65)63-59(58-70-72(67,68)69-57-56-64(4,5)6)60(53-50-47-44-41-39-26-23-20-17-14-11-8-2)71-62(66)55-52-49-46-43-38-24-21-18-15-12-9-3/h10,13,19,22,27-28,30-31,33-34,50,53,59-60H,7-9,11-12,14-18,20-21,23-26,29,32,35-49,51-52,54-58H2,1-6H3,(H-,63,65,67,68)/p+1/b13-10-,22-19-,28-27-,31-30-,34-33-,53-50-. The van der Waals surface area contributed by atoms with Crippen LogP contribution >= 0.6 is 7.82 Å². The van der Waals surface area contributed by atoms with E-state index in [-0.39, 0.29) is 31.5 Å². The number of rotatable bonds is 53.